The average Bonchev–Trinajstić information content (AvgIpc) is 2.35. The molecule has 1 aromatic carbocycles. The van der Waals surface area contributed by atoms with Crippen molar-refractivity contribution in [2.24, 2.45) is 0 Å². The molecule has 0 aromatic heterocycles. The number of aryl methyl sites for hydroxylation is 2. The molecule has 5 nitrogen and oxygen atoms in total. The van der Waals surface area contributed by atoms with Crippen molar-refractivity contribution < 1.29 is 14.7 Å². The molecule has 0 spiro atoms. The number of amides is 2. The van der Waals surface area contributed by atoms with E-state index >= 15 is 0 Å². The minimum Gasteiger partial charge on any atom is -0.480 e. The van der Waals surface area contributed by atoms with Crippen molar-refractivity contribution in [3.63, 3.8) is 0 Å². The van der Waals surface area contributed by atoms with Crippen LogP contribution in [0.2, 0.25) is 0 Å². The molecule has 0 heterocycles. The van der Waals surface area contributed by atoms with Crippen molar-refractivity contribution >= 4 is 17.7 Å². The highest BCUT2D eigenvalue weighted by atomic mass is 16.4. The Morgan fingerprint density at radius 3 is 2.35 bits per heavy atom. The van der Waals surface area contributed by atoms with Crippen molar-refractivity contribution in [3.8, 4) is 0 Å². The highest BCUT2D eigenvalue weighted by molar-refractivity contribution is 5.94. The molecule has 1 atom stereocenters. The summed E-state index contributed by atoms with van der Waals surface area (Å²) in [6, 6.07) is 4.33. The van der Waals surface area contributed by atoms with E-state index in [0.29, 0.717) is 0 Å². The molecule has 0 aliphatic heterocycles. The number of urea groups is 1. The maximum atomic E-state index is 12.1. The maximum Gasteiger partial charge on any atom is 0.326 e. The lowest BCUT2D eigenvalue weighted by Gasteiger charge is -2.21. The molecule has 1 rings (SSSR count). The summed E-state index contributed by atoms with van der Waals surface area (Å²) in [5, 5.41) is 11.5. The Balaban J connectivity index is 2.85. The van der Waals surface area contributed by atoms with E-state index in [4.69, 9.17) is 5.11 Å². The number of hydrogen-bond donors (Lipinski definition) is 2. The number of carboxylic acid groups (broad SMARTS) is 1. The van der Waals surface area contributed by atoms with Crippen molar-refractivity contribution in [2.45, 2.75) is 26.3 Å². The molecule has 0 bridgehead atoms. The summed E-state index contributed by atoms with van der Waals surface area (Å²) < 4.78 is 0. The molecule has 0 aliphatic carbocycles. The molecule has 0 radical (unpaired) electrons. The van der Waals surface area contributed by atoms with Crippen molar-refractivity contribution in [1.29, 1.82) is 0 Å². The van der Waals surface area contributed by atoms with E-state index in [0.717, 1.165) is 16.8 Å². The third-order valence-corrected chi connectivity index (χ3v) is 2.90. The summed E-state index contributed by atoms with van der Waals surface area (Å²) in [7, 11) is 1.61. The lowest BCUT2D eigenvalue weighted by molar-refractivity contribution is -0.139. The Bertz CT molecular complexity index is 506. The molecule has 2 N–H and O–H groups in total. The summed E-state index contributed by atoms with van der Waals surface area (Å²) in [5.74, 6) is -1.08. The van der Waals surface area contributed by atoms with Crippen molar-refractivity contribution in [2.75, 3.05) is 11.9 Å². The van der Waals surface area contributed by atoms with E-state index in [-0.39, 0.29) is 6.42 Å². The Morgan fingerprint density at radius 2 is 1.90 bits per heavy atom. The van der Waals surface area contributed by atoms with E-state index in [1.165, 1.54) is 11.0 Å². The number of hydrogen-bond acceptors (Lipinski definition) is 2. The normalized spacial score (nSPS) is 11.6. The van der Waals surface area contributed by atoms with Crippen LogP contribution in [0.15, 0.2) is 30.9 Å². The highest BCUT2D eigenvalue weighted by Gasteiger charge is 2.21. The fourth-order valence-corrected chi connectivity index (χ4v) is 1.90. The Hall–Kier alpha value is -2.30. The number of carbonyl (C=O) groups excluding carboxylic acids is 1. The zero-order valence-electron chi connectivity index (χ0n) is 12.0. The first-order valence-electron chi connectivity index (χ1n) is 6.31. The molecule has 1 aromatic rings. The number of aliphatic carboxylic acids is 1. The number of rotatable bonds is 5. The van der Waals surface area contributed by atoms with Crippen LogP contribution in [0, 0.1) is 13.8 Å². The third-order valence-electron chi connectivity index (χ3n) is 2.90. The van der Waals surface area contributed by atoms with Gasteiger partial charge in [-0.2, -0.15) is 0 Å². The fourth-order valence-electron chi connectivity index (χ4n) is 1.90. The van der Waals surface area contributed by atoms with Crippen LogP contribution in [-0.2, 0) is 4.79 Å². The van der Waals surface area contributed by atoms with Gasteiger partial charge in [-0.25, -0.2) is 9.59 Å². The van der Waals surface area contributed by atoms with Crippen LogP contribution in [0.25, 0.3) is 0 Å². The molecule has 0 aliphatic rings. The Labute approximate surface area is 118 Å². The van der Waals surface area contributed by atoms with Gasteiger partial charge in [-0.3, -0.25) is 4.90 Å². The third kappa shape index (κ3) is 4.12. The Morgan fingerprint density at radius 1 is 1.35 bits per heavy atom. The number of nitrogens with zero attached hydrogens (tertiary/aromatic N) is 1. The largest absolute Gasteiger partial charge is 0.480 e. The van der Waals surface area contributed by atoms with Gasteiger partial charge in [-0.15, -0.1) is 6.58 Å². The first-order valence-corrected chi connectivity index (χ1v) is 6.31. The molecule has 2 amide bonds. The van der Waals surface area contributed by atoms with Crippen LogP contribution >= 0.6 is 0 Å². The Kier molecular flexibility index (Phi) is 5.32. The summed E-state index contributed by atoms with van der Waals surface area (Å²) in [6.45, 7) is 7.38. The quantitative estimate of drug-likeness (QED) is 0.812. The van der Waals surface area contributed by atoms with Gasteiger partial charge in [0.1, 0.15) is 6.04 Å². The molecular weight excluding hydrogens is 256 g/mol. The fraction of sp³-hybridized carbons (Fsp3) is 0.333. The molecule has 1 unspecified atom stereocenters. The van der Waals surface area contributed by atoms with Gasteiger partial charge < -0.3 is 10.4 Å². The van der Waals surface area contributed by atoms with Crippen molar-refractivity contribution in [1.82, 2.24) is 5.32 Å². The number of nitrogens with one attached hydrogen (secondary N) is 1. The lowest BCUT2D eigenvalue weighted by atomic mass is 10.1. The number of carbonyl (C=O) groups is 2. The smallest absolute Gasteiger partial charge is 0.326 e. The highest BCUT2D eigenvalue weighted by Crippen LogP contribution is 2.17. The predicted octanol–water partition coefficient (Wildman–Crippen LogP) is 2.48. The van der Waals surface area contributed by atoms with Gasteiger partial charge in [0.2, 0.25) is 0 Å². The van der Waals surface area contributed by atoms with Crippen LogP contribution in [0.3, 0.4) is 0 Å². The molecule has 0 saturated carbocycles. The van der Waals surface area contributed by atoms with E-state index in [1.54, 1.807) is 7.05 Å². The molecule has 0 saturated heterocycles. The zero-order valence-corrected chi connectivity index (χ0v) is 12.0. The van der Waals surface area contributed by atoms with E-state index in [9.17, 15) is 9.59 Å². The molecular formula is C15H20N2O3. The molecule has 108 valence electrons. The SMILES string of the molecule is C=CCC(NC(=O)N(C)c1cc(C)cc(C)c1)C(=O)O. The number of anilines is 1. The van der Waals surface area contributed by atoms with Gasteiger partial charge in [0.25, 0.3) is 0 Å². The minimum absolute atomic E-state index is 0.182. The maximum absolute atomic E-state index is 12.1. The van der Waals surface area contributed by atoms with Gasteiger partial charge in [0.15, 0.2) is 0 Å². The first-order chi connectivity index (χ1) is 9.35. The number of benzene rings is 1. The second-order valence-corrected chi connectivity index (χ2v) is 4.77. The van der Waals surface area contributed by atoms with Crippen LogP contribution < -0.4 is 10.2 Å². The summed E-state index contributed by atoms with van der Waals surface area (Å²) >= 11 is 0. The van der Waals surface area contributed by atoms with E-state index in [2.05, 4.69) is 11.9 Å². The second kappa shape index (κ2) is 6.75. The van der Waals surface area contributed by atoms with Crippen LogP contribution in [-0.4, -0.2) is 30.2 Å². The molecule has 5 heteroatoms. The van der Waals surface area contributed by atoms with Crippen LogP contribution in [0.1, 0.15) is 17.5 Å². The summed E-state index contributed by atoms with van der Waals surface area (Å²) in [6.07, 6.45) is 1.65. The lowest BCUT2D eigenvalue weighted by Crippen LogP contribution is -2.46. The van der Waals surface area contributed by atoms with Gasteiger partial charge >= 0.3 is 12.0 Å². The number of carboxylic acids is 1. The topological polar surface area (TPSA) is 69.6 Å². The van der Waals surface area contributed by atoms with Gasteiger partial charge in [0, 0.05) is 12.7 Å². The van der Waals surface area contributed by atoms with Gasteiger partial charge in [-0.1, -0.05) is 12.1 Å². The second-order valence-electron chi connectivity index (χ2n) is 4.77. The first kappa shape index (κ1) is 15.8. The molecule has 0 fully saturated rings. The predicted molar refractivity (Wildman–Crippen MR) is 79.1 cm³/mol. The average molecular weight is 276 g/mol. The molecule has 20 heavy (non-hydrogen) atoms. The van der Waals surface area contributed by atoms with Gasteiger partial charge in [0.05, 0.1) is 0 Å². The minimum atomic E-state index is -1.08. The van der Waals surface area contributed by atoms with E-state index in [1.807, 2.05) is 32.0 Å². The zero-order chi connectivity index (χ0) is 15.3. The monoisotopic (exact) mass is 276 g/mol. The van der Waals surface area contributed by atoms with Crippen LogP contribution in [0.5, 0.6) is 0 Å². The van der Waals surface area contributed by atoms with E-state index < -0.39 is 18.0 Å². The van der Waals surface area contributed by atoms with Crippen LogP contribution in [0.4, 0.5) is 10.5 Å². The van der Waals surface area contributed by atoms with Crippen molar-refractivity contribution in [3.05, 3.63) is 42.0 Å². The summed E-state index contributed by atoms with van der Waals surface area (Å²) in [4.78, 5) is 24.5. The summed E-state index contributed by atoms with van der Waals surface area (Å²) in [5.41, 5.74) is 2.81. The standard InChI is InChI=1S/C15H20N2O3/c1-5-6-13(14(18)19)16-15(20)17(4)12-8-10(2)7-11(3)9-12/h5,7-9,13H,1,6H2,2-4H3,(H,16,20)(H,18,19). The van der Waals surface area contributed by atoms with Gasteiger partial charge in [-0.05, 0) is 43.5 Å².